The van der Waals surface area contributed by atoms with Gasteiger partial charge in [0.15, 0.2) is 0 Å². The third-order valence-electron chi connectivity index (χ3n) is 4.39. The number of thiophene rings is 1. The molecule has 1 aromatic heterocycles. The van der Waals surface area contributed by atoms with E-state index in [1.165, 1.54) is 24.8 Å². The normalized spacial score (nSPS) is 30.4. The first-order valence-electron chi connectivity index (χ1n) is 6.75. The molecule has 0 aromatic carbocycles. The van der Waals surface area contributed by atoms with Crippen LogP contribution in [0, 0.1) is 11.8 Å². The highest BCUT2D eigenvalue weighted by molar-refractivity contribution is 7.07. The summed E-state index contributed by atoms with van der Waals surface area (Å²) in [6, 6.07) is 2.16. The molecular weight excluding hydrogens is 244 g/mol. The highest BCUT2D eigenvalue weighted by Crippen LogP contribution is 2.38. The molecule has 1 amide bonds. The molecule has 1 N–H and O–H groups in total. The number of rotatable bonds is 3. The molecule has 1 saturated heterocycles. The minimum Gasteiger partial charge on any atom is -0.340 e. The van der Waals surface area contributed by atoms with Gasteiger partial charge in [0.05, 0.1) is 6.04 Å². The fourth-order valence-electron chi connectivity index (χ4n) is 3.43. The molecule has 0 spiro atoms. The zero-order valence-electron chi connectivity index (χ0n) is 10.8. The molecule has 2 aliphatic rings. The zero-order chi connectivity index (χ0) is 12.5. The van der Waals surface area contributed by atoms with Crippen LogP contribution in [0.1, 0.15) is 24.8 Å². The number of hydrogen-bond acceptors (Lipinski definition) is 3. The number of amides is 1. The number of carbonyl (C=O) groups is 1. The number of carbonyl (C=O) groups excluding carboxylic acids is 1. The summed E-state index contributed by atoms with van der Waals surface area (Å²) in [5.41, 5.74) is 1.23. The lowest BCUT2D eigenvalue weighted by atomic mass is 9.93. The third-order valence-corrected chi connectivity index (χ3v) is 5.12. The van der Waals surface area contributed by atoms with Crippen molar-refractivity contribution >= 4 is 17.2 Å². The summed E-state index contributed by atoms with van der Waals surface area (Å²) in [6.45, 7) is 1.77. The maximum atomic E-state index is 12.5. The van der Waals surface area contributed by atoms with Crippen molar-refractivity contribution in [3.63, 3.8) is 0 Å². The Morgan fingerprint density at radius 1 is 1.56 bits per heavy atom. The average molecular weight is 264 g/mol. The van der Waals surface area contributed by atoms with Crippen molar-refractivity contribution < 1.29 is 4.79 Å². The van der Waals surface area contributed by atoms with Gasteiger partial charge in [-0.05, 0) is 53.6 Å². The molecule has 98 valence electrons. The van der Waals surface area contributed by atoms with Crippen molar-refractivity contribution in [3.05, 3.63) is 22.4 Å². The van der Waals surface area contributed by atoms with Crippen molar-refractivity contribution in [1.29, 1.82) is 0 Å². The molecule has 3 unspecified atom stereocenters. The molecule has 18 heavy (non-hydrogen) atoms. The van der Waals surface area contributed by atoms with Crippen molar-refractivity contribution in [2.45, 2.75) is 31.8 Å². The van der Waals surface area contributed by atoms with Gasteiger partial charge in [-0.15, -0.1) is 0 Å². The maximum Gasteiger partial charge on any atom is 0.240 e. The summed E-state index contributed by atoms with van der Waals surface area (Å²) in [5, 5.41) is 7.61. The van der Waals surface area contributed by atoms with E-state index < -0.39 is 0 Å². The highest BCUT2D eigenvalue weighted by atomic mass is 32.1. The van der Waals surface area contributed by atoms with Gasteiger partial charge in [-0.3, -0.25) is 4.79 Å². The minimum atomic E-state index is 0.0705. The van der Waals surface area contributed by atoms with Gasteiger partial charge < -0.3 is 10.2 Å². The standard InChI is InChI=1S/C14H20N2OS/c1-16(8-10-5-6-18-9-10)14(17)13-12-4-2-3-11(12)7-15-13/h5-6,9,11-13,15H,2-4,7-8H2,1H3. The average Bonchev–Trinajstić information content (AvgIpc) is 3.04. The van der Waals surface area contributed by atoms with Gasteiger partial charge in [0.1, 0.15) is 0 Å². The summed E-state index contributed by atoms with van der Waals surface area (Å²) >= 11 is 1.69. The van der Waals surface area contributed by atoms with Crippen molar-refractivity contribution in [2.75, 3.05) is 13.6 Å². The van der Waals surface area contributed by atoms with Gasteiger partial charge in [0.2, 0.25) is 5.91 Å². The molecule has 1 aromatic rings. The lowest BCUT2D eigenvalue weighted by Gasteiger charge is -2.24. The fraction of sp³-hybridized carbons (Fsp3) is 0.643. The molecule has 1 aliphatic carbocycles. The van der Waals surface area contributed by atoms with Crippen LogP contribution in [-0.2, 0) is 11.3 Å². The number of nitrogens with zero attached hydrogens (tertiary/aromatic N) is 1. The molecule has 0 radical (unpaired) electrons. The van der Waals surface area contributed by atoms with E-state index in [0.717, 1.165) is 19.0 Å². The van der Waals surface area contributed by atoms with E-state index in [0.29, 0.717) is 5.92 Å². The molecule has 3 rings (SSSR count). The van der Waals surface area contributed by atoms with Crippen molar-refractivity contribution in [3.8, 4) is 0 Å². The Kier molecular flexibility index (Phi) is 3.39. The summed E-state index contributed by atoms with van der Waals surface area (Å²) < 4.78 is 0. The van der Waals surface area contributed by atoms with E-state index in [1.807, 2.05) is 11.9 Å². The Labute approximate surface area is 112 Å². The second-order valence-corrected chi connectivity index (χ2v) is 6.35. The predicted octanol–water partition coefficient (Wildman–Crippen LogP) is 2.09. The van der Waals surface area contributed by atoms with E-state index in [-0.39, 0.29) is 11.9 Å². The van der Waals surface area contributed by atoms with Crippen LogP contribution in [0.5, 0.6) is 0 Å². The summed E-state index contributed by atoms with van der Waals surface area (Å²) in [5.74, 6) is 1.60. The van der Waals surface area contributed by atoms with E-state index in [1.54, 1.807) is 11.3 Å². The fourth-order valence-corrected chi connectivity index (χ4v) is 4.09. The van der Waals surface area contributed by atoms with E-state index in [2.05, 4.69) is 22.1 Å². The number of fused-ring (bicyclic) bond motifs is 1. The summed E-state index contributed by atoms with van der Waals surface area (Å²) in [6.07, 6.45) is 3.82. The summed E-state index contributed by atoms with van der Waals surface area (Å²) in [4.78, 5) is 14.4. The Hall–Kier alpha value is -0.870. The molecule has 3 nitrogen and oxygen atoms in total. The van der Waals surface area contributed by atoms with Crippen LogP contribution in [-0.4, -0.2) is 30.4 Å². The van der Waals surface area contributed by atoms with Crippen LogP contribution in [0.4, 0.5) is 0 Å². The first-order chi connectivity index (χ1) is 8.75. The summed E-state index contributed by atoms with van der Waals surface area (Å²) in [7, 11) is 1.92. The van der Waals surface area contributed by atoms with Crippen LogP contribution < -0.4 is 5.32 Å². The SMILES string of the molecule is CN(Cc1ccsc1)C(=O)C1NCC2CCCC21. The van der Waals surface area contributed by atoms with Crippen molar-refractivity contribution in [1.82, 2.24) is 10.2 Å². The predicted molar refractivity (Wildman–Crippen MR) is 73.4 cm³/mol. The second kappa shape index (κ2) is 5.02. The molecule has 1 aliphatic heterocycles. The molecule has 1 saturated carbocycles. The molecule has 4 heteroatoms. The highest BCUT2D eigenvalue weighted by Gasteiger charge is 2.43. The first kappa shape index (κ1) is 12.2. The molecule has 2 fully saturated rings. The molecular formula is C14H20N2OS. The Balaban J connectivity index is 1.63. The van der Waals surface area contributed by atoms with Gasteiger partial charge in [-0.2, -0.15) is 11.3 Å². The Morgan fingerprint density at radius 2 is 2.44 bits per heavy atom. The lowest BCUT2D eigenvalue weighted by molar-refractivity contribution is -0.133. The quantitative estimate of drug-likeness (QED) is 0.906. The number of hydrogen-bond donors (Lipinski definition) is 1. The van der Waals surface area contributed by atoms with Crippen LogP contribution in [0.2, 0.25) is 0 Å². The van der Waals surface area contributed by atoms with Crippen molar-refractivity contribution in [2.24, 2.45) is 11.8 Å². The number of likely N-dealkylation sites (N-methyl/N-ethyl adjacent to an activating group) is 1. The molecule has 3 atom stereocenters. The lowest BCUT2D eigenvalue weighted by Crippen LogP contribution is -2.44. The van der Waals surface area contributed by atoms with E-state index in [9.17, 15) is 4.79 Å². The smallest absolute Gasteiger partial charge is 0.240 e. The van der Waals surface area contributed by atoms with Crippen LogP contribution in [0.25, 0.3) is 0 Å². The van der Waals surface area contributed by atoms with Crippen LogP contribution in [0.3, 0.4) is 0 Å². The van der Waals surface area contributed by atoms with Gasteiger partial charge >= 0.3 is 0 Å². The first-order valence-corrected chi connectivity index (χ1v) is 7.69. The third kappa shape index (κ3) is 2.19. The molecule has 2 heterocycles. The van der Waals surface area contributed by atoms with Gasteiger partial charge in [0, 0.05) is 13.6 Å². The number of nitrogens with one attached hydrogen (secondary N) is 1. The van der Waals surface area contributed by atoms with E-state index in [4.69, 9.17) is 0 Å². The minimum absolute atomic E-state index is 0.0705. The van der Waals surface area contributed by atoms with Crippen LogP contribution >= 0.6 is 11.3 Å². The maximum absolute atomic E-state index is 12.5. The largest absolute Gasteiger partial charge is 0.340 e. The van der Waals surface area contributed by atoms with Crippen LogP contribution in [0.15, 0.2) is 16.8 Å². The monoisotopic (exact) mass is 264 g/mol. The Bertz CT molecular complexity index is 417. The molecule has 0 bridgehead atoms. The Morgan fingerprint density at radius 3 is 3.22 bits per heavy atom. The topological polar surface area (TPSA) is 32.3 Å². The van der Waals surface area contributed by atoms with Gasteiger partial charge in [0.25, 0.3) is 0 Å². The van der Waals surface area contributed by atoms with Gasteiger partial charge in [-0.25, -0.2) is 0 Å². The van der Waals surface area contributed by atoms with Gasteiger partial charge in [-0.1, -0.05) is 6.42 Å². The van der Waals surface area contributed by atoms with E-state index >= 15 is 0 Å². The second-order valence-electron chi connectivity index (χ2n) is 5.57. The zero-order valence-corrected chi connectivity index (χ0v) is 11.6.